The highest BCUT2D eigenvalue weighted by molar-refractivity contribution is 7.15. The molecule has 1 aromatic rings. The molecule has 0 radical (unpaired) electrons. The first-order valence-electron chi connectivity index (χ1n) is 4.85. The van der Waals surface area contributed by atoms with E-state index in [9.17, 15) is 4.79 Å². The number of carbonyl (C=O) groups is 1. The van der Waals surface area contributed by atoms with Crippen molar-refractivity contribution in [2.75, 3.05) is 5.32 Å². The van der Waals surface area contributed by atoms with E-state index < -0.39 is 6.04 Å². The Morgan fingerprint density at radius 2 is 2.12 bits per heavy atom. The van der Waals surface area contributed by atoms with Crippen LogP contribution in [-0.2, 0) is 4.79 Å². The number of nitrogens with one attached hydrogen (secondary N) is 1. The van der Waals surface area contributed by atoms with Crippen molar-refractivity contribution in [1.82, 2.24) is 10.2 Å². The number of halogens is 1. The second-order valence-electron chi connectivity index (χ2n) is 3.85. The summed E-state index contributed by atoms with van der Waals surface area (Å²) >= 11 is 1.34. The van der Waals surface area contributed by atoms with Gasteiger partial charge in [-0.25, -0.2) is 0 Å². The molecule has 0 aliphatic carbocycles. The maximum atomic E-state index is 11.6. The molecule has 0 aromatic carbocycles. The molecule has 1 heterocycles. The molecule has 0 bridgehead atoms. The van der Waals surface area contributed by atoms with Gasteiger partial charge in [0, 0.05) is 0 Å². The van der Waals surface area contributed by atoms with Crippen LogP contribution in [0.15, 0.2) is 0 Å². The Kier molecular flexibility index (Phi) is 6.47. The lowest BCUT2D eigenvalue weighted by molar-refractivity contribution is -0.117. The second kappa shape index (κ2) is 6.78. The smallest absolute Gasteiger partial charge is 0.243 e. The molecule has 1 amide bonds. The van der Waals surface area contributed by atoms with Crippen LogP contribution < -0.4 is 11.1 Å². The van der Waals surface area contributed by atoms with Crippen LogP contribution in [0.4, 0.5) is 5.13 Å². The van der Waals surface area contributed by atoms with Crippen LogP contribution in [0.3, 0.4) is 0 Å². The van der Waals surface area contributed by atoms with E-state index in [-0.39, 0.29) is 18.3 Å². The zero-order chi connectivity index (χ0) is 11.4. The lowest BCUT2D eigenvalue weighted by atomic mass is 10.0. The fourth-order valence-electron chi connectivity index (χ4n) is 1.16. The SMILES string of the molecule is Cc1nnc(NC(=O)[C@@H](N)CC(C)C)s1.Cl. The van der Waals surface area contributed by atoms with Gasteiger partial charge in [-0.15, -0.1) is 22.6 Å². The molecular formula is C9H17ClN4OS. The van der Waals surface area contributed by atoms with Crippen LogP contribution in [0.25, 0.3) is 0 Å². The average molecular weight is 265 g/mol. The number of aromatic nitrogens is 2. The first kappa shape index (κ1) is 15.3. The third-order valence-corrected chi connectivity index (χ3v) is 2.57. The average Bonchev–Trinajstić information content (AvgIpc) is 2.50. The summed E-state index contributed by atoms with van der Waals surface area (Å²) in [6.07, 6.45) is 0.670. The molecule has 5 nitrogen and oxygen atoms in total. The zero-order valence-electron chi connectivity index (χ0n) is 9.56. The first-order chi connectivity index (χ1) is 6.99. The number of hydrogen-bond donors (Lipinski definition) is 2. The van der Waals surface area contributed by atoms with Crippen LogP contribution in [0, 0.1) is 12.8 Å². The highest BCUT2D eigenvalue weighted by Crippen LogP contribution is 2.14. The van der Waals surface area contributed by atoms with Crippen molar-refractivity contribution in [1.29, 1.82) is 0 Å². The normalized spacial score (nSPS) is 12.1. The van der Waals surface area contributed by atoms with Crippen molar-refractivity contribution in [3.63, 3.8) is 0 Å². The van der Waals surface area contributed by atoms with Crippen LogP contribution in [0.1, 0.15) is 25.3 Å². The molecule has 16 heavy (non-hydrogen) atoms. The maximum absolute atomic E-state index is 11.6. The van der Waals surface area contributed by atoms with E-state index in [1.165, 1.54) is 11.3 Å². The molecule has 7 heteroatoms. The minimum atomic E-state index is -0.478. The van der Waals surface area contributed by atoms with Crippen LogP contribution in [-0.4, -0.2) is 22.1 Å². The van der Waals surface area contributed by atoms with E-state index in [0.717, 1.165) is 5.01 Å². The fourth-order valence-corrected chi connectivity index (χ4v) is 1.75. The lowest BCUT2D eigenvalue weighted by Gasteiger charge is -2.12. The number of nitrogens with zero attached hydrogens (tertiary/aromatic N) is 2. The highest BCUT2D eigenvalue weighted by Gasteiger charge is 2.16. The molecule has 92 valence electrons. The summed E-state index contributed by atoms with van der Waals surface area (Å²) in [5.41, 5.74) is 5.72. The standard InChI is InChI=1S/C9H16N4OS.ClH/c1-5(2)4-7(10)8(14)11-9-13-12-6(3)15-9;/h5,7H,4,10H2,1-3H3,(H,11,13,14);1H/t7-;/m0./s1. The van der Waals surface area contributed by atoms with E-state index in [4.69, 9.17) is 5.73 Å². The predicted molar refractivity (Wildman–Crippen MR) is 68.0 cm³/mol. The fraction of sp³-hybridized carbons (Fsp3) is 0.667. The third kappa shape index (κ3) is 4.87. The summed E-state index contributed by atoms with van der Waals surface area (Å²) < 4.78 is 0. The summed E-state index contributed by atoms with van der Waals surface area (Å²) in [5, 5.41) is 11.6. The third-order valence-electron chi connectivity index (χ3n) is 1.82. The molecular weight excluding hydrogens is 248 g/mol. The van der Waals surface area contributed by atoms with Gasteiger partial charge in [0.05, 0.1) is 6.04 Å². The Labute approximate surface area is 105 Å². The number of hydrogen-bond acceptors (Lipinski definition) is 5. The highest BCUT2D eigenvalue weighted by atomic mass is 35.5. The molecule has 0 fully saturated rings. The molecule has 0 saturated heterocycles. The monoisotopic (exact) mass is 264 g/mol. The van der Waals surface area contributed by atoms with E-state index in [0.29, 0.717) is 17.5 Å². The Hall–Kier alpha value is -0.720. The number of anilines is 1. The molecule has 0 aliphatic rings. The molecule has 1 aromatic heterocycles. The van der Waals surface area contributed by atoms with Crippen molar-refractivity contribution in [2.45, 2.75) is 33.2 Å². The van der Waals surface area contributed by atoms with Gasteiger partial charge in [0.15, 0.2) is 0 Å². The van der Waals surface area contributed by atoms with Gasteiger partial charge in [-0.3, -0.25) is 10.1 Å². The molecule has 0 spiro atoms. The van der Waals surface area contributed by atoms with Gasteiger partial charge >= 0.3 is 0 Å². The van der Waals surface area contributed by atoms with Crippen molar-refractivity contribution in [2.24, 2.45) is 11.7 Å². The first-order valence-corrected chi connectivity index (χ1v) is 5.67. The predicted octanol–water partition coefficient (Wildman–Crippen LogP) is 1.58. The van der Waals surface area contributed by atoms with Gasteiger partial charge in [-0.2, -0.15) is 0 Å². The van der Waals surface area contributed by atoms with Crippen molar-refractivity contribution in [3.8, 4) is 0 Å². The Balaban J connectivity index is 0.00000225. The number of carbonyl (C=O) groups excluding carboxylic acids is 1. The van der Waals surface area contributed by atoms with Gasteiger partial charge in [0.2, 0.25) is 11.0 Å². The van der Waals surface area contributed by atoms with Gasteiger partial charge in [-0.1, -0.05) is 25.2 Å². The summed E-state index contributed by atoms with van der Waals surface area (Å²) in [7, 11) is 0. The van der Waals surface area contributed by atoms with E-state index in [1.807, 2.05) is 20.8 Å². The summed E-state index contributed by atoms with van der Waals surface area (Å²) in [5.74, 6) is 0.210. The van der Waals surface area contributed by atoms with E-state index in [2.05, 4.69) is 15.5 Å². The van der Waals surface area contributed by atoms with E-state index in [1.54, 1.807) is 0 Å². The molecule has 0 saturated carbocycles. The largest absolute Gasteiger partial charge is 0.320 e. The summed E-state index contributed by atoms with van der Waals surface area (Å²) in [6.45, 7) is 5.89. The van der Waals surface area contributed by atoms with Crippen LogP contribution in [0.2, 0.25) is 0 Å². The Morgan fingerprint density at radius 3 is 2.56 bits per heavy atom. The Morgan fingerprint density at radius 1 is 1.50 bits per heavy atom. The van der Waals surface area contributed by atoms with Crippen molar-refractivity contribution < 1.29 is 4.79 Å². The minimum Gasteiger partial charge on any atom is -0.320 e. The topological polar surface area (TPSA) is 80.9 Å². The zero-order valence-corrected chi connectivity index (χ0v) is 11.2. The van der Waals surface area contributed by atoms with E-state index >= 15 is 0 Å². The van der Waals surface area contributed by atoms with Gasteiger partial charge in [-0.05, 0) is 19.3 Å². The minimum absolute atomic E-state index is 0. The number of aryl methyl sites for hydroxylation is 1. The maximum Gasteiger partial charge on any atom is 0.243 e. The molecule has 3 N–H and O–H groups in total. The molecule has 0 unspecified atom stereocenters. The van der Waals surface area contributed by atoms with Gasteiger partial charge < -0.3 is 5.73 Å². The summed E-state index contributed by atoms with van der Waals surface area (Å²) in [6, 6.07) is -0.478. The van der Waals surface area contributed by atoms with Crippen LogP contribution in [0.5, 0.6) is 0 Å². The number of rotatable bonds is 4. The van der Waals surface area contributed by atoms with Crippen molar-refractivity contribution >= 4 is 34.8 Å². The van der Waals surface area contributed by atoms with Crippen LogP contribution >= 0.6 is 23.7 Å². The Bertz CT molecular complexity index is 342. The van der Waals surface area contributed by atoms with Gasteiger partial charge in [0.25, 0.3) is 0 Å². The lowest BCUT2D eigenvalue weighted by Crippen LogP contribution is -2.36. The molecule has 1 rings (SSSR count). The second-order valence-corrected chi connectivity index (χ2v) is 5.03. The van der Waals surface area contributed by atoms with Crippen molar-refractivity contribution in [3.05, 3.63) is 5.01 Å². The molecule has 1 atom stereocenters. The molecule has 0 aliphatic heterocycles. The number of amides is 1. The van der Waals surface area contributed by atoms with Gasteiger partial charge in [0.1, 0.15) is 5.01 Å². The summed E-state index contributed by atoms with van der Waals surface area (Å²) in [4.78, 5) is 11.6. The quantitative estimate of drug-likeness (QED) is 0.865. The number of nitrogens with two attached hydrogens (primary N) is 1.